The lowest BCUT2D eigenvalue weighted by Gasteiger charge is -2.42. The Morgan fingerprint density at radius 3 is 1.16 bits per heavy atom. The third-order valence-corrected chi connectivity index (χ3v) is 17.0. The maximum atomic E-state index is 5.34. The second kappa shape index (κ2) is 18.9. The van der Waals surface area contributed by atoms with E-state index in [1.54, 1.807) is 0 Å². The Morgan fingerprint density at radius 2 is 0.605 bits per heavy atom. The van der Waals surface area contributed by atoms with Gasteiger partial charge >= 0.3 is 0 Å². The van der Waals surface area contributed by atoms with Crippen molar-refractivity contribution in [3.8, 4) is 90.3 Å². The molecule has 2 unspecified atom stereocenters. The third-order valence-electron chi connectivity index (χ3n) is 17.0. The highest BCUT2D eigenvalue weighted by Crippen LogP contribution is 2.58. The molecule has 0 fully saturated rings. The van der Waals surface area contributed by atoms with E-state index in [1.165, 1.54) is 72.3 Å². The third kappa shape index (κ3) is 7.57. The highest BCUT2D eigenvalue weighted by molar-refractivity contribution is 5.89. The minimum absolute atomic E-state index is 0.0317. The molecule has 2 bridgehead atoms. The summed E-state index contributed by atoms with van der Waals surface area (Å²) < 4.78 is 0. The van der Waals surface area contributed by atoms with Crippen molar-refractivity contribution in [3.63, 3.8) is 0 Å². The van der Waals surface area contributed by atoms with Gasteiger partial charge in [0.1, 0.15) is 0 Å². The van der Waals surface area contributed by atoms with Gasteiger partial charge in [-0.25, -0.2) is 24.9 Å². The van der Waals surface area contributed by atoms with E-state index >= 15 is 0 Å². The van der Waals surface area contributed by atoms with Crippen LogP contribution in [-0.4, -0.2) is 24.9 Å². The molecule has 378 valence electrons. The van der Waals surface area contributed by atoms with Gasteiger partial charge in [-0.05, 0) is 102 Å². The van der Waals surface area contributed by atoms with Crippen LogP contribution in [0.15, 0.2) is 285 Å². The number of fused-ring (bicyclic) bond motifs is 3. The van der Waals surface area contributed by atoms with E-state index in [4.69, 9.17) is 24.9 Å². The summed E-state index contributed by atoms with van der Waals surface area (Å²) in [6.07, 6.45) is 0. The van der Waals surface area contributed by atoms with Crippen molar-refractivity contribution in [2.75, 3.05) is 0 Å². The molecule has 2 aromatic heterocycles. The maximum absolute atomic E-state index is 5.34. The minimum atomic E-state index is -0.437. The molecule has 5 heteroatoms. The number of aromatic nitrogens is 5. The van der Waals surface area contributed by atoms with E-state index in [9.17, 15) is 0 Å². The molecule has 17 rings (SSSR count). The summed E-state index contributed by atoms with van der Waals surface area (Å²) in [5, 5.41) is 0. The molecule has 0 saturated heterocycles. The van der Waals surface area contributed by atoms with Crippen LogP contribution in [0.5, 0.6) is 0 Å². The number of rotatable bonds is 9. The standard InChI is InChI=1S/C76H49N5/c1-6-20-50(21-7-1)72-77-68(49-36-34-48(35-37-49)53-40-43-67-63(44-53)58-30-18-19-33-66(58)76(67,56-26-12-4-13-27-56)57-28-14-5-15-29-57)47-69(78-72)54-38-41-61-64(45-54)70-59-31-16-17-32-60(59)71(61)65-46-55(39-42-62(65)70)75-80-73(51-22-8-2-9-23-51)79-74(81-75)52-24-10-3-11-25-52/h1-47,70-71H. The van der Waals surface area contributed by atoms with E-state index in [0.717, 1.165) is 50.3 Å². The molecule has 2 atom stereocenters. The van der Waals surface area contributed by atoms with Gasteiger partial charge in [0, 0.05) is 45.2 Å². The van der Waals surface area contributed by atoms with Gasteiger partial charge in [0.05, 0.1) is 16.8 Å². The molecule has 5 nitrogen and oxygen atoms in total. The lowest BCUT2D eigenvalue weighted by molar-refractivity contribution is 0.754. The average Bonchev–Trinajstić information content (AvgIpc) is 4.09. The van der Waals surface area contributed by atoms with Crippen LogP contribution in [0.4, 0.5) is 0 Å². The molecule has 11 aromatic carbocycles. The normalized spacial score (nSPS) is 14.8. The zero-order valence-electron chi connectivity index (χ0n) is 44.0. The fourth-order valence-electron chi connectivity index (χ4n) is 13.4. The van der Waals surface area contributed by atoms with Crippen molar-refractivity contribution in [2.24, 2.45) is 0 Å². The molecule has 0 spiro atoms. The second-order valence-corrected chi connectivity index (χ2v) is 21.4. The van der Waals surface area contributed by atoms with Gasteiger partial charge in [-0.3, -0.25) is 0 Å². The van der Waals surface area contributed by atoms with Crippen molar-refractivity contribution in [1.82, 2.24) is 24.9 Å². The molecule has 0 amide bonds. The van der Waals surface area contributed by atoms with Crippen molar-refractivity contribution in [2.45, 2.75) is 17.3 Å². The molecule has 0 N–H and O–H groups in total. The largest absolute Gasteiger partial charge is 0.228 e. The Labute approximate surface area is 470 Å². The summed E-state index contributed by atoms with van der Waals surface area (Å²) >= 11 is 0. The quantitative estimate of drug-likeness (QED) is 0.144. The first kappa shape index (κ1) is 46.6. The monoisotopic (exact) mass is 1030 g/mol. The first-order chi connectivity index (χ1) is 40.1. The van der Waals surface area contributed by atoms with Crippen molar-refractivity contribution in [1.29, 1.82) is 0 Å². The molecule has 13 aromatic rings. The Kier molecular flexibility index (Phi) is 10.9. The number of nitrogens with zero attached hydrogens (tertiary/aromatic N) is 5. The minimum Gasteiger partial charge on any atom is -0.228 e. The van der Waals surface area contributed by atoms with Crippen LogP contribution >= 0.6 is 0 Å². The Balaban J connectivity index is 0.770. The molecular weight excluding hydrogens is 983 g/mol. The molecule has 4 aliphatic rings. The van der Waals surface area contributed by atoms with Crippen molar-refractivity contribution < 1.29 is 0 Å². The molecule has 4 aliphatic carbocycles. The first-order valence-corrected chi connectivity index (χ1v) is 27.8. The van der Waals surface area contributed by atoms with Crippen LogP contribution in [0.2, 0.25) is 0 Å². The Bertz CT molecular complexity index is 4470. The zero-order valence-corrected chi connectivity index (χ0v) is 44.0. The smallest absolute Gasteiger partial charge is 0.164 e. The van der Waals surface area contributed by atoms with Crippen LogP contribution < -0.4 is 0 Å². The molecule has 0 radical (unpaired) electrons. The van der Waals surface area contributed by atoms with E-state index in [0.29, 0.717) is 23.3 Å². The Hall–Kier alpha value is -10.5. The van der Waals surface area contributed by atoms with Crippen molar-refractivity contribution in [3.05, 3.63) is 341 Å². The molecule has 81 heavy (non-hydrogen) atoms. The lowest BCUT2D eigenvalue weighted by atomic mass is 9.60. The summed E-state index contributed by atoms with van der Waals surface area (Å²) in [6.45, 7) is 0. The van der Waals surface area contributed by atoms with Gasteiger partial charge in [-0.2, -0.15) is 0 Å². The fraction of sp³-hybridized carbons (Fsp3) is 0.0395. The number of hydrogen-bond acceptors (Lipinski definition) is 5. The Morgan fingerprint density at radius 1 is 0.222 bits per heavy atom. The zero-order chi connectivity index (χ0) is 53.4. The van der Waals surface area contributed by atoms with Crippen LogP contribution in [0.1, 0.15) is 67.5 Å². The summed E-state index contributed by atoms with van der Waals surface area (Å²) in [6, 6.07) is 103. The first-order valence-electron chi connectivity index (χ1n) is 27.8. The van der Waals surface area contributed by atoms with Crippen LogP contribution in [-0.2, 0) is 5.41 Å². The van der Waals surface area contributed by atoms with E-state index in [1.807, 2.05) is 42.5 Å². The predicted molar refractivity (Wildman–Crippen MR) is 326 cm³/mol. The van der Waals surface area contributed by atoms with Crippen LogP contribution in [0, 0.1) is 0 Å². The SMILES string of the molecule is c1ccc(-c2nc(-c3ccc(-c4ccc5c(c4)-c4ccccc4C5(c4ccccc4)c4ccccc4)cc3)cc(-c3ccc4c(c3)C3c5ccccc5C4c4cc(-c5nc(-c6ccccc6)nc(-c6ccccc6)n5)ccc43)n2)cc1. The number of benzene rings is 11. The highest BCUT2D eigenvalue weighted by atomic mass is 15.0. The van der Waals surface area contributed by atoms with E-state index in [2.05, 4.69) is 243 Å². The van der Waals surface area contributed by atoms with Crippen molar-refractivity contribution >= 4 is 0 Å². The summed E-state index contributed by atoms with van der Waals surface area (Å²) in [4.78, 5) is 25.9. The van der Waals surface area contributed by atoms with Gasteiger partial charge in [0.25, 0.3) is 0 Å². The predicted octanol–water partition coefficient (Wildman–Crippen LogP) is 17.7. The summed E-state index contributed by atoms with van der Waals surface area (Å²) in [5.74, 6) is 2.72. The summed E-state index contributed by atoms with van der Waals surface area (Å²) in [5.41, 5.74) is 25.1. The summed E-state index contributed by atoms with van der Waals surface area (Å²) in [7, 11) is 0. The van der Waals surface area contributed by atoms with E-state index in [-0.39, 0.29) is 11.8 Å². The maximum Gasteiger partial charge on any atom is 0.164 e. The number of hydrogen-bond donors (Lipinski definition) is 0. The average molecular weight is 1030 g/mol. The molecule has 0 saturated carbocycles. The van der Waals surface area contributed by atoms with Gasteiger partial charge in [0.2, 0.25) is 0 Å². The van der Waals surface area contributed by atoms with Gasteiger partial charge in [0.15, 0.2) is 23.3 Å². The second-order valence-electron chi connectivity index (χ2n) is 21.4. The van der Waals surface area contributed by atoms with Crippen LogP contribution in [0.25, 0.3) is 90.3 Å². The molecule has 2 heterocycles. The van der Waals surface area contributed by atoms with Gasteiger partial charge in [-0.1, -0.05) is 261 Å². The molecular formula is C76H49N5. The van der Waals surface area contributed by atoms with Gasteiger partial charge in [-0.15, -0.1) is 0 Å². The van der Waals surface area contributed by atoms with E-state index < -0.39 is 5.41 Å². The fourth-order valence-corrected chi connectivity index (χ4v) is 13.4. The molecule has 0 aliphatic heterocycles. The van der Waals surface area contributed by atoms with Crippen LogP contribution in [0.3, 0.4) is 0 Å². The topological polar surface area (TPSA) is 64.5 Å². The highest BCUT2D eigenvalue weighted by Gasteiger charge is 2.46. The lowest BCUT2D eigenvalue weighted by Crippen LogP contribution is -2.28. The van der Waals surface area contributed by atoms with Gasteiger partial charge < -0.3 is 0 Å².